The van der Waals surface area contributed by atoms with Gasteiger partial charge in [-0.3, -0.25) is 4.79 Å². The summed E-state index contributed by atoms with van der Waals surface area (Å²) in [7, 11) is -3.20. The molecular weight excluding hydrogens is 454 g/mol. The van der Waals surface area contributed by atoms with E-state index < -0.39 is 15.9 Å². The van der Waals surface area contributed by atoms with E-state index in [-0.39, 0.29) is 22.5 Å². The van der Waals surface area contributed by atoms with E-state index in [4.69, 9.17) is 5.10 Å². The highest BCUT2D eigenvalue weighted by Crippen LogP contribution is 2.38. The minimum absolute atomic E-state index is 0.0372. The molecule has 3 aromatic rings. The second-order valence-electron chi connectivity index (χ2n) is 8.58. The highest BCUT2D eigenvalue weighted by Gasteiger charge is 2.46. The Balaban J connectivity index is 1.44. The van der Waals surface area contributed by atoms with Crippen molar-refractivity contribution in [2.45, 2.75) is 30.9 Å². The zero-order chi connectivity index (χ0) is 24.0. The Labute approximate surface area is 197 Å². The number of anilines is 1. The van der Waals surface area contributed by atoms with Crippen LogP contribution in [-0.4, -0.2) is 63.2 Å². The number of carbonyl (C=O) groups is 1. The number of benzene rings is 1. The zero-order valence-corrected chi connectivity index (χ0v) is 19.6. The van der Waals surface area contributed by atoms with Crippen LogP contribution in [0.3, 0.4) is 0 Å². The number of aromatic nitrogens is 4. The molecule has 2 aliphatic rings. The van der Waals surface area contributed by atoms with E-state index in [1.54, 1.807) is 10.7 Å². The molecule has 0 spiro atoms. The molecule has 0 radical (unpaired) electrons. The van der Waals surface area contributed by atoms with Crippen LogP contribution >= 0.6 is 0 Å². The molecule has 1 N–H and O–H groups in total. The summed E-state index contributed by atoms with van der Waals surface area (Å²) < 4.78 is 29.5. The SMILES string of the molecule is C=Cn1ncc(C(=O)Nc2cc(C3CN(S(=O)(=O)C4CC4)C3)nn2-c2ccc(C)cc2)c1N=C. The summed E-state index contributed by atoms with van der Waals surface area (Å²) in [5.41, 5.74) is 2.85. The normalized spacial score (nSPS) is 16.7. The molecular formula is C23H25N7O3S. The zero-order valence-electron chi connectivity index (χ0n) is 18.8. The van der Waals surface area contributed by atoms with Crippen LogP contribution in [0.5, 0.6) is 0 Å². The van der Waals surface area contributed by atoms with Crippen molar-refractivity contribution in [1.82, 2.24) is 23.9 Å². The minimum Gasteiger partial charge on any atom is -0.306 e. The summed E-state index contributed by atoms with van der Waals surface area (Å²) in [6.07, 6.45) is 4.33. The van der Waals surface area contributed by atoms with Crippen molar-refractivity contribution in [3.8, 4) is 5.69 Å². The molecule has 1 aliphatic heterocycles. The smallest absolute Gasteiger partial charge is 0.262 e. The van der Waals surface area contributed by atoms with Crippen LogP contribution in [0.2, 0.25) is 0 Å². The fourth-order valence-electron chi connectivity index (χ4n) is 3.97. The van der Waals surface area contributed by atoms with Gasteiger partial charge in [-0.2, -0.15) is 10.2 Å². The number of amides is 1. The maximum absolute atomic E-state index is 13.1. The third-order valence-corrected chi connectivity index (χ3v) is 8.49. The van der Waals surface area contributed by atoms with Crippen molar-refractivity contribution in [1.29, 1.82) is 0 Å². The van der Waals surface area contributed by atoms with Crippen LogP contribution in [0, 0.1) is 6.92 Å². The molecule has 5 rings (SSSR count). The molecule has 2 fully saturated rings. The summed E-state index contributed by atoms with van der Waals surface area (Å²) in [5, 5.41) is 11.5. The summed E-state index contributed by atoms with van der Waals surface area (Å²) in [4.78, 5) is 17.0. The summed E-state index contributed by atoms with van der Waals surface area (Å²) in [6.45, 7) is 9.95. The van der Waals surface area contributed by atoms with Gasteiger partial charge in [-0.25, -0.2) is 27.1 Å². The molecule has 2 aromatic heterocycles. The fourth-order valence-corrected chi connectivity index (χ4v) is 5.90. The molecule has 1 aliphatic carbocycles. The lowest BCUT2D eigenvalue weighted by Gasteiger charge is -2.37. The number of aryl methyl sites for hydroxylation is 1. The average molecular weight is 480 g/mol. The molecule has 34 heavy (non-hydrogen) atoms. The van der Waals surface area contributed by atoms with Gasteiger partial charge in [-0.1, -0.05) is 24.3 Å². The Hall–Kier alpha value is -3.57. The molecule has 0 bridgehead atoms. The second kappa shape index (κ2) is 8.33. The van der Waals surface area contributed by atoms with Crippen molar-refractivity contribution in [3.05, 3.63) is 59.9 Å². The first-order valence-corrected chi connectivity index (χ1v) is 12.5. The molecule has 176 valence electrons. The first kappa shape index (κ1) is 22.2. The third kappa shape index (κ3) is 3.86. The van der Waals surface area contributed by atoms with E-state index in [0.29, 0.717) is 18.9 Å². The maximum atomic E-state index is 13.1. The Morgan fingerprint density at radius 2 is 1.94 bits per heavy atom. The molecule has 1 saturated carbocycles. The number of rotatable bonds is 8. The predicted molar refractivity (Wildman–Crippen MR) is 130 cm³/mol. The quantitative estimate of drug-likeness (QED) is 0.499. The van der Waals surface area contributed by atoms with Gasteiger partial charge in [0.1, 0.15) is 11.4 Å². The standard InChI is InChI=1S/C23H25N7O3S/c1-4-29-22(24-3)19(12-25-29)23(31)26-21-11-20(27-30(21)17-7-5-15(2)6-8-17)16-13-28(14-16)34(32,33)18-9-10-18/h4-8,11-12,16,18H,1,3,9-10,13-14H2,2H3,(H,26,31). The maximum Gasteiger partial charge on any atom is 0.262 e. The number of carbonyl (C=O) groups excluding carboxylic acids is 1. The van der Waals surface area contributed by atoms with Gasteiger partial charge in [0.2, 0.25) is 10.0 Å². The Bertz CT molecular complexity index is 1380. The Morgan fingerprint density at radius 1 is 1.24 bits per heavy atom. The number of hydrogen-bond acceptors (Lipinski definition) is 6. The van der Waals surface area contributed by atoms with Gasteiger partial charge in [0, 0.05) is 31.3 Å². The van der Waals surface area contributed by atoms with Gasteiger partial charge in [0.25, 0.3) is 5.91 Å². The number of aliphatic imine (C=N–C) groups is 1. The van der Waals surface area contributed by atoms with Crippen LogP contribution < -0.4 is 5.32 Å². The lowest BCUT2D eigenvalue weighted by Crippen LogP contribution is -2.49. The van der Waals surface area contributed by atoms with Crippen molar-refractivity contribution in [2.24, 2.45) is 4.99 Å². The predicted octanol–water partition coefficient (Wildman–Crippen LogP) is 2.95. The Morgan fingerprint density at radius 3 is 2.56 bits per heavy atom. The van der Waals surface area contributed by atoms with E-state index in [1.165, 1.54) is 21.4 Å². The molecule has 3 heterocycles. The topological polar surface area (TPSA) is 114 Å². The highest BCUT2D eigenvalue weighted by molar-refractivity contribution is 7.90. The molecule has 1 amide bonds. The van der Waals surface area contributed by atoms with E-state index in [2.05, 4.69) is 28.7 Å². The summed E-state index contributed by atoms with van der Waals surface area (Å²) in [5.74, 6) is 0.300. The first-order chi connectivity index (χ1) is 16.3. The van der Waals surface area contributed by atoms with Crippen LogP contribution in [0.25, 0.3) is 11.9 Å². The fraction of sp³-hybridized carbons (Fsp3) is 0.304. The van der Waals surface area contributed by atoms with Crippen LogP contribution in [0.15, 0.2) is 48.1 Å². The first-order valence-electron chi connectivity index (χ1n) is 11.0. The lowest BCUT2D eigenvalue weighted by atomic mass is 10.00. The van der Waals surface area contributed by atoms with Crippen molar-refractivity contribution < 1.29 is 13.2 Å². The Kier molecular flexibility index (Phi) is 5.45. The minimum atomic E-state index is -3.20. The summed E-state index contributed by atoms with van der Waals surface area (Å²) in [6, 6.07) is 9.55. The van der Waals surface area contributed by atoms with Gasteiger partial charge in [-0.15, -0.1) is 0 Å². The average Bonchev–Trinajstić information content (AvgIpc) is 3.45. The van der Waals surface area contributed by atoms with Crippen molar-refractivity contribution >= 4 is 40.5 Å². The van der Waals surface area contributed by atoms with Gasteiger partial charge in [0.05, 0.1) is 22.8 Å². The number of nitrogens with one attached hydrogen (secondary N) is 1. The van der Waals surface area contributed by atoms with E-state index in [0.717, 1.165) is 29.8 Å². The largest absolute Gasteiger partial charge is 0.306 e. The number of hydrogen-bond donors (Lipinski definition) is 1. The third-order valence-electron chi connectivity index (χ3n) is 6.16. The van der Waals surface area contributed by atoms with Gasteiger partial charge >= 0.3 is 0 Å². The van der Waals surface area contributed by atoms with Gasteiger partial charge < -0.3 is 5.32 Å². The van der Waals surface area contributed by atoms with Gasteiger partial charge in [0.15, 0.2) is 5.82 Å². The van der Waals surface area contributed by atoms with Crippen LogP contribution in [0.1, 0.15) is 40.4 Å². The van der Waals surface area contributed by atoms with Crippen LogP contribution in [-0.2, 0) is 10.0 Å². The summed E-state index contributed by atoms with van der Waals surface area (Å²) >= 11 is 0. The molecule has 1 aromatic carbocycles. The molecule has 1 saturated heterocycles. The monoisotopic (exact) mass is 479 g/mol. The number of sulfonamides is 1. The van der Waals surface area contributed by atoms with E-state index >= 15 is 0 Å². The number of nitrogens with zero attached hydrogens (tertiary/aromatic N) is 6. The van der Waals surface area contributed by atoms with Crippen LogP contribution in [0.4, 0.5) is 11.6 Å². The second-order valence-corrected chi connectivity index (χ2v) is 10.8. The molecule has 11 heteroatoms. The van der Waals surface area contributed by atoms with Crippen molar-refractivity contribution in [2.75, 3.05) is 18.4 Å². The highest BCUT2D eigenvalue weighted by atomic mass is 32.2. The van der Waals surface area contributed by atoms with E-state index in [1.807, 2.05) is 31.2 Å². The molecule has 0 unspecified atom stereocenters. The molecule has 10 nitrogen and oxygen atoms in total. The van der Waals surface area contributed by atoms with E-state index in [9.17, 15) is 13.2 Å². The lowest BCUT2D eigenvalue weighted by molar-refractivity contribution is 0.102. The van der Waals surface area contributed by atoms with Crippen molar-refractivity contribution in [3.63, 3.8) is 0 Å². The van der Waals surface area contributed by atoms with Gasteiger partial charge in [-0.05, 0) is 38.6 Å². The molecule has 0 atom stereocenters.